The van der Waals surface area contributed by atoms with Gasteiger partial charge < -0.3 is 15.0 Å². The number of aromatic nitrogens is 2. The molecule has 1 aliphatic rings. The predicted octanol–water partition coefficient (Wildman–Crippen LogP) is 3.18. The second-order valence-electron chi connectivity index (χ2n) is 8.40. The number of piperidine rings is 1. The van der Waals surface area contributed by atoms with E-state index in [4.69, 9.17) is 4.74 Å². The fourth-order valence-corrected chi connectivity index (χ4v) is 3.36. The molecule has 2 heterocycles. The van der Waals surface area contributed by atoms with Gasteiger partial charge in [0, 0.05) is 37.9 Å². The van der Waals surface area contributed by atoms with Crippen LogP contribution in [0.2, 0.25) is 0 Å². The molecule has 1 N–H and O–H groups in total. The lowest BCUT2D eigenvalue weighted by atomic mass is 9.96. The molecule has 0 radical (unpaired) electrons. The number of ether oxygens (including phenoxy) is 1. The Kier molecular flexibility index (Phi) is 6.56. The van der Waals surface area contributed by atoms with Crippen molar-refractivity contribution in [2.45, 2.75) is 45.6 Å². The molecule has 2 amide bonds. The number of carbonyl (C=O) groups is 2. The van der Waals surface area contributed by atoms with Gasteiger partial charge in [-0.1, -0.05) is 12.1 Å². The number of rotatable bonds is 5. The van der Waals surface area contributed by atoms with Crippen LogP contribution in [0.15, 0.2) is 42.7 Å². The van der Waals surface area contributed by atoms with Gasteiger partial charge in [0.15, 0.2) is 0 Å². The maximum atomic E-state index is 12.4. The van der Waals surface area contributed by atoms with Gasteiger partial charge in [0.2, 0.25) is 5.91 Å². The SMILES string of the molecule is CC(C)(C)OC(=O)N1CCC(C(=O)NCCc2ccc(-n3cccn3)cc2)CC1. The summed E-state index contributed by atoms with van der Waals surface area (Å²) in [6, 6.07) is 10.1. The molecule has 1 aromatic carbocycles. The van der Waals surface area contributed by atoms with Crippen LogP contribution < -0.4 is 5.32 Å². The number of likely N-dealkylation sites (tertiary alicyclic amines) is 1. The molecule has 0 spiro atoms. The van der Waals surface area contributed by atoms with Gasteiger partial charge in [-0.2, -0.15) is 5.10 Å². The topological polar surface area (TPSA) is 76.5 Å². The van der Waals surface area contributed by atoms with Gasteiger partial charge in [-0.25, -0.2) is 9.48 Å². The minimum Gasteiger partial charge on any atom is -0.444 e. The Morgan fingerprint density at radius 2 is 1.86 bits per heavy atom. The Labute approximate surface area is 172 Å². The monoisotopic (exact) mass is 398 g/mol. The third-order valence-corrected chi connectivity index (χ3v) is 4.94. The standard InChI is InChI=1S/C22H30N4O3/c1-22(2,3)29-21(28)25-15-10-18(11-16-25)20(27)23-13-9-17-5-7-19(8-6-17)26-14-4-12-24-26/h4-8,12,14,18H,9-11,13,15-16H2,1-3H3,(H,23,27). The summed E-state index contributed by atoms with van der Waals surface area (Å²) in [5.74, 6) is 0.0258. The summed E-state index contributed by atoms with van der Waals surface area (Å²) in [6.07, 6.45) is 5.48. The Morgan fingerprint density at radius 3 is 2.45 bits per heavy atom. The van der Waals surface area contributed by atoms with Gasteiger partial charge in [-0.3, -0.25) is 4.79 Å². The number of carbonyl (C=O) groups excluding carboxylic acids is 2. The lowest BCUT2D eigenvalue weighted by Crippen LogP contribution is -2.45. The summed E-state index contributed by atoms with van der Waals surface area (Å²) in [4.78, 5) is 26.3. The average Bonchev–Trinajstić information content (AvgIpc) is 3.22. The highest BCUT2D eigenvalue weighted by Crippen LogP contribution is 2.20. The van der Waals surface area contributed by atoms with Gasteiger partial charge >= 0.3 is 6.09 Å². The molecule has 0 bridgehead atoms. The van der Waals surface area contributed by atoms with Crippen LogP contribution in [0, 0.1) is 5.92 Å². The average molecular weight is 399 g/mol. The zero-order chi connectivity index (χ0) is 20.9. The normalized spacial score (nSPS) is 15.2. The van der Waals surface area contributed by atoms with Gasteiger partial charge in [0.1, 0.15) is 5.60 Å². The van der Waals surface area contributed by atoms with E-state index in [1.54, 1.807) is 11.1 Å². The van der Waals surface area contributed by atoms with Crippen LogP contribution >= 0.6 is 0 Å². The molecule has 29 heavy (non-hydrogen) atoms. The van der Waals surface area contributed by atoms with Crippen molar-refractivity contribution in [3.05, 3.63) is 48.3 Å². The van der Waals surface area contributed by atoms with E-state index in [-0.39, 0.29) is 17.9 Å². The zero-order valence-corrected chi connectivity index (χ0v) is 17.4. The molecule has 1 aromatic heterocycles. The summed E-state index contributed by atoms with van der Waals surface area (Å²) < 4.78 is 7.21. The van der Waals surface area contributed by atoms with E-state index in [9.17, 15) is 9.59 Å². The molecule has 156 valence electrons. The molecule has 0 aliphatic carbocycles. The molecule has 2 aromatic rings. The molecule has 1 saturated heterocycles. The minimum absolute atomic E-state index is 0.0455. The van der Waals surface area contributed by atoms with Crippen molar-refractivity contribution in [3.63, 3.8) is 0 Å². The molecule has 7 nitrogen and oxygen atoms in total. The summed E-state index contributed by atoms with van der Waals surface area (Å²) in [5, 5.41) is 7.25. The first-order chi connectivity index (χ1) is 13.8. The van der Waals surface area contributed by atoms with Crippen LogP contribution in [-0.2, 0) is 16.0 Å². The predicted molar refractivity (Wildman–Crippen MR) is 111 cm³/mol. The van der Waals surface area contributed by atoms with Gasteiger partial charge in [-0.15, -0.1) is 0 Å². The van der Waals surface area contributed by atoms with E-state index in [1.807, 2.05) is 49.8 Å². The highest BCUT2D eigenvalue weighted by Gasteiger charge is 2.29. The van der Waals surface area contributed by atoms with Crippen molar-refractivity contribution >= 4 is 12.0 Å². The molecule has 1 aliphatic heterocycles. The summed E-state index contributed by atoms with van der Waals surface area (Å²) >= 11 is 0. The van der Waals surface area contributed by atoms with E-state index in [2.05, 4.69) is 22.5 Å². The van der Waals surface area contributed by atoms with Crippen LogP contribution in [0.1, 0.15) is 39.2 Å². The van der Waals surface area contributed by atoms with Gasteiger partial charge in [-0.05, 0) is 63.8 Å². The molecule has 3 rings (SSSR count). The number of hydrogen-bond donors (Lipinski definition) is 1. The molecule has 7 heteroatoms. The fourth-order valence-electron chi connectivity index (χ4n) is 3.36. The third-order valence-electron chi connectivity index (χ3n) is 4.94. The van der Waals surface area contributed by atoms with Crippen molar-refractivity contribution in [2.24, 2.45) is 5.92 Å². The summed E-state index contributed by atoms with van der Waals surface area (Å²) in [5.41, 5.74) is 1.68. The number of amides is 2. The maximum Gasteiger partial charge on any atom is 0.410 e. The first kappa shape index (κ1) is 20.9. The molecule has 0 atom stereocenters. The summed E-state index contributed by atoms with van der Waals surface area (Å²) in [7, 11) is 0. The first-order valence-corrected chi connectivity index (χ1v) is 10.2. The van der Waals surface area contributed by atoms with Crippen molar-refractivity contribution in [1.82, 2.24) is 20.0 Å². The van der Waals surface area contributed by atoms with Crippen molar-refractivity contribution in [2.75, 3.05) is 19.6 Å². The number of benzene rings is 1. The van der Waals surface area contributed by atoms with E-state index in [0.717, 1.165) is 12.1 Å². The van der Waals surface area contributed by atoms with Crippen LogP contribution in [0.4, 0.5) is 4.79 Å². The maximum absolute atomic E-state index is 12.4. The molecular weight excluding hydrogens is 368 g/mol. The Morgan fingerprint density at radius 1 is 1.17 bits per heavy atom. The Hall–Kier alpha value is -2.83. The van der Waals surface area contributed by atoms with Gasteiger partial charge in [0.05, 0.1) is 5.69 Å². The van der Waals surface area contributed by atoms with Crippen molar-refractivity contribution < 1.29 is 14.3 Å². The highest BCUT2D eigenvalue weighted by atomic mass is 16.6. The van der Waals surface area contributed by atoms with E-state index >= 15 is 0 Å². The minimum atomic E-state index is -0.498. The van der Waals surface area contributed by atoms with Gasteiger partial charge in [0.25, 0.3) is 0 Å². The third kappa shape index (κ3) is 6.07. The van der Waals surface area contributed by atoms with E-state index < -0.39 is 5.60 Å². The molecular formula is C22H30N4O3. The quantitative estimate of drug-likeness (QED) is 0.839. The first-order valence-electron chi connectivity index (χ1n) is 10.2. The lowest BCUT2D eigenvalue weighted by Gasteiger charge is -2.32. The Balaban J connectivity index is 1.39. The Bertz CT molecular complexity index is 802. The van der Waals surface area contributed by atoms with Crippen LogP contribution in [0.3, 0.4) is 0 Å². The van der Waals surface area contributed by atoms with E-state index in [0.29, 0.717) is 32.5 Å². The number of nitrogens with zero attached hydrogens (tertiary/aromatic N) is 3. The second kappa shape index (κ2) is 9.11. The van der Waals surface area contributed by atoms with Crippen molar-refractivity contribution in [3.8, 4) is 5.69 Å². The van der Waals surface area contributed by atoms with E-state index in [1.165, 1.54) is 5.56 Å². The van der Waals surface area contributed by atoms with Crippen LogP contribution in [0.5, 0.6) is 0 Å². The smallest absolute Gasteiger partial charge is 0.410 e. The van der Waals surface area contributed by atoms with Crippen LogP contribution in [-0.4, -0.2) is 51.9 Å². The van der Waals surface area contributed by atoms with Crippen LogP contribution in [0.25, 0.3) is 5.69 Å². The lowest BCUT2D eigenvalue weighted by molar-refractivity contribution is -0.126. The largest absolute Gasteiger partial charge is 0.444 e. The highest BCUT2D eigenvalue weighted by molar-refractivity contribution is 5.79. The molecule has 1 fully saturated rings. The number of hydrogen-bond acceptors (Lipinski definition) is 4. The number of nitrogens with one attached hydrogen (secondary N) is 1. The summed E-state index contributed by atoms with van der Waals surface area (Å²) in [6.45, 7) is 7.29. The zero-order valence-electron chi connectivity index (χ0n) is 17.4. The van der Waals surface area contributed by atoms with Crippen molar-refractivity contribution in [1.29, 1.82) is 0 Å². The second-order valence-corrected chi connectivity index (χ2v) is 8.40. The molecule has 0 unspecified atom stereocenters. The fraction of sp³-hybridized carbons (Fsp3) is 0.500. The molecule has 0 saturated carbocycles.